The molecule has 0 amide bonds. The van der Waals surface area contributed by atoms with Gasteiger partial charge in [-0.3, -0.25) is 4.98 Å². The Bertz CT molecular complexity index is 595. The lowest BCUT2D eigenvalue weighted by Gasteiger charge is -2.04. The van der Waals surface area contributed by atoms with Crippen molar-refractivity contribution in [3.8, 4) is 0 Å². The number of aryl methyl sites for hydroxylation is 2. The molecule has 1 N–H and O–H groups in total. The highest BCUT2D eigenvalue weighted by Crippen LogP contribution is 2.26. The smallest absolute Gasteiger partial charge is 0.358 e. The molecule has 5 nitrogen and oxygen atoms in total. The van der Waals surface area contributed by atoms with Gasteiger partial charge in [0.05, 0.1) is 18.5 Å². The number of nitrogens with zero attached hydrogens (tertiary/aromatic N) is 2. The molecule has 0 unspecified atom stereocenters. The monoisotopic (exact) mass is 277 g/mol. The molecule has 0 aromatic carbocycles. The second kappa shape index (κ2) is 5.79. The van der Waals surface area contributed by atoms with E-state index in [0.717, 1.165) is 16.1 Å². The Kier molecular flexibility index (Phi) is 4.11. The maximum Gasteiger partial charge on any atom is 0.358 e. The predicted molar refractivity (Wildman–Crippen MR) is 75.1 cm³/mol. The maximum absolute atomic E-state index is 11.7. The van der Waals surface area contributed by atoms with Crippen LogP contribution in [0.2, 0.25) is 0 Å². The molecule has 0 bridgehead atoms. The standard InChI is InChI=1S/C13H15N3O2S/c1-4-18-12(17)11-9(3)19-13(16-11)15-10-7-14-6-5-8(10)2/h5-7H,4H2,1-3H3,(H,15,16). The summed E-state index contributed by atoms with van der Waals surface area (Å²) in [5.41, 5.74) is 2.32. The average molecular weight is 277 g/mol. The van der Waals surface area contributed by atoms with Crippen molar-refractivity contribution in [1.82, 2.24) is 9.97 Å². The zero-order chi connectivity index (χ0) is 13.8. The van der Waals surface area contributed by atoms with Gasteiger partial charge >= 0.3 is 5.97 Å². The third-order valence-electron chi connectivity index (χ3n) is 2.55. The number of pyridine rings is 1. The number of nitrogens with one attached hydrogen (secondary N) is 1. The highest BCUT2D eigenvalue weighted by molar-refractivity contribution is 7.15. The van der Waals surface area contributed by atoms with Crippen LogP contribution in [0.25, 0.3) is 0 Å². The molecule has 0 saturated heterocycles. The first-order chi connectivity index (χ1) is 9.11. The zero-order valence-corrected chi connectivity index (χ0v) is 11.9. The highest BCUT2D eigenvalue weighted by Gasteiger charge is 2.16. The molecule has 100 valence electrons. The van der Waals surface area contributed by atoms with Crippen molar-refractivity contribution in [2.24, 2.45) is 0 Å². The Hall–Kier alpha value is -1.95. The fourth-order valence-corrected chi connectivity index (χ4v) is 2.36. The van der Waals surface area contributed by atoms with Gasteiger partial charge in [-0.25, -0.2) is 9.78 Å². The zero-order valence-electron chi connectivity index (χ0n) is 11.1. The van der Waals surface area contributed by atoms with Gasteiger partial charge in [0.1, 0.15) is 0 Å². The number of aromatic nitrogens is 2. The van der Waals surface area contributed by atoms with Gasteiger partial charge in [0, 0.05) is 11.1 Å². The van der Waals surface area contributed by atoms with E-state index in [0.29, 0.717) is 17.4 Å². The van der Waals surface area contributed by atoms with Crippen molar-refractivity contribution < 1.29 is 9.53 Å². The number of hydrogen-bond acceptors (Lipinski definition) is 6. The third kappa shape index (κ3) is 3.08. The number of ether oxygens (including phenoxy) is 1. The molecule has 2 heterocycles. The predicted octanol–water partition coefficient (Wildman–Crippen LogP) is 3.08. The minimum absolute atomic E-state index is 0.347. The van der Waals surface area contributed by atoms with Crippen molar-refractivity contribution in [3.05, 3.63) is 34.6 Å². The van der Waals surface area contributed by atoms with Crippen LogP contribution in [0, 0.1) is 13.8 Å². The number of esters is 1. The molecule has 6 heteroatoms. The molecule has 0 aliphatic rings. The summed E-state index contributed by atoms with van der Waals surface area (Å²) in [6.07, 6.45) is 3.47. The van der Waals surface area contributed by atoms with Crippen LogP contribution in [0.4, 0.5) is 10.8 Å². The van der Waals surface area contributed by atoms with Crippen molar-refractivity contribution in [2.45, 2.75) is 20.8 Å². The van der Waals surface area contributed by atoms with Crippen LogP contribution in [0.3, 0.4) is 0 Å². The van der Waals surface area contributed by atoms with Crippen LogP contribution in [0.15, 0.2) is 18.5 Å². The molecule has 2 rings (SSSR count). The molecule has 0 atom stereocenters. The number of hydrogen-bond donors (Lipinski definition) is 1. The quantitative estimate of drug-likeness (QED) is 0.870. The van der Waals surface area contributed by atoms with Gasteiger partial charge in [-0.1, -0.05) is 0 Å². The minimum atomic E-state index is -0.382. The first-order valence-corrected chi connectivity index (χ1v) is 6.75. The molecule has 0 fully saturated rings. The van der Waals surface area contributed by atoms with Crippen molar-refractivity contribution in [2.75, 3.05) is 11.9 Å². The molecule has 2 aromatic rings. The minimum Gasteiger partial charge on any atom is -0.461 e. The largest absolute Gasteiger partial charge is 0.461 e. The van der Waals surface area contributed by atoms with Crippen LogP contribution in [-0.4, -0.2) is 22.5 Å². The van der Waals surface area contributed by atoms with Gasteiger partial charge < -0.3 is 10.1 Å². The van der Waals surface area contributed by atoms with E-state index in [4.69, 9.17) is 4.74 Å². The second-order valence-corrected chi connectivity index (χ2v) is 5.16. The molecule has 0 aliphatic carbocycles. The SMILES string of the molecule is CCOC(=O)c1nc(Nc2cnccc2C)sc1C. The van der Waals surface area contributed by atoms with E-state index in [1.165, 1.54) is 11.3 Å². The summed E-state index contributed by atoms with van der Waals surface area (Å²) in [6, 6.07) is 1.91. The van der Waals surface area contributed by atoms with E-state index in [1.54, 1.807) is 19.3 Å². The lowest BCUT2D eigenvalue weighted by Crippen LogP contribution is -2.06. The van der Waals surface area contributed by atoms with Crippen LogP contribution < -0.4 is 5.32 Å². The molecule has 19 heavy (non-hydrogen) atoms. The fourth-order valence-electron chi connectivity index (χ4n) is 1.55. The third-order valence-corrected chi connectivity index (χ3v) is 3.43. The van der Waals surface area contributed by atoms with Gasteiger partial charge in [-0.05, 0) is 32.4 Å². The van der Waals surface area contributed by atoms with E-state index >= 15 is 0 Å². The molecular weight excluding hydrogens is 262 g/mol. The molecule has 0 radical (unpaired) electrons. The van der Waals surface area contributed by atoms with Crippen molar-refractivity contribution >= 4 is 28.1 Å². The lowest BCUT2D eigenvalue weighted by molar-refractivity contribution is 0.0519. The number of thiazole rings is 1. The normalized spacial score (nSPS) is 10.3. The number of carbonyl (C=O) groups is 1. The summed E-state index contributed by atoms with van der Waals surface area (Å²) in [7, 11) is 0. The Labute approximate surface area is 115 Å². The Morgan fingerprint density at radius 2 is 2.26 bits per heavy atom. The van der Waals surface area contributed by atoms with Gasteiger partial charge in [0.25, 0.3) is 0 Å². The van der Waals surface area contributed by atoms with E-state index in [9.17, 15) is 4.79 Å². The summed E-state index contributed by atoms with van der Waals surface area (Å²) in [4.78, 5) is 20.8. The lowest BCUT2D eigenvalue weighted by atomic mass is 10.2. The van der Waals surface area contributed by atoms with Crippen LogP contribution >= 0.6 is 11.3 Å². The van der Waals surface area contributed by atoms with Crippen molar-refractivity contribution in [1.29, 1.82) is 0 Å². The fraction of sp³-hybridized carbons (Fsp3) is 0.308. The van der Waals surface area contributed by atoms with Crippen molar-refractivity contribution in [3.63, 3.8) is 0 Å². The summed E-state index contributed by atoms with van der Waals surface area (Å²) in [6.45, 7) is 5.96. The summed E-state index contributed by atoms with van der Waals surface area (Å²) in [5, 5.41) is 3.83. The summed E-state index contributed by atoms with van der Waals surface area (Å²) >= 11 is 1.42. The van der Waals surface area contributed by atoms with Gasteiger partial charge in [0.15, 0.2) is 10.8 Å². The Morgan fingerprint density at radius 1 is 1.47 bits per heavy atom. The Morgan fingerprint density at radius 3 is 2.95 bits per heavy atom. The topological polar surface area (TPSA) is 64.1 Å². The van der Waals surface area contributed by atoms with E-state index in [-0.39, 0.29) is 5.97 Å². The first-order valence-electron chi connectivity index (χ1n) is 5.94. The highest BCUT2D eigenvalue weighted by atomic mass is 32.1. The number of anilines is 2. The molecule has 0 saturated carbocycles. The summed E-state index contributed by atoms with van der Waals surface area (Å²) in [5.74, 6) is -0.382. The number of carbonyl (C=O) groups excluding carboxylic acids is 1. The number of rotatable bonds is 4. The maximum atomic E-state index is 11.7. The molecule has 0 spiro atoms. The van der Waals surface area contributed by atoms with E-state index < -0.39 is 0 Å². The van der Waals surface area contributed by atoms with Crippen LogP contribution in [0.5, 0.6) is 0 Å². The molecule has 0 aliphatic heterocycles. The molecule has 2 aromatic heterocycles. The average Bonchev–Trinajstić information content (AvgIpc) is 2.74. The molecular formula is C13H15N3O2S. The Balaban J connectivity index is 2.21. The van der Waals surface area contributed by atoms with E-state index in [2.05, 4.69) is 15.3 Å². The van der Waals surface area contributed by atoms with Gasteiger partial charge in [0.2, 0.25) is 0 Å². The second-order valence-electron chi connectivity index (χ2n) is 3.96. The first kappa shape index (κ1) is 13.5. The van der Waals surface area contributed by atoms with Gasteiger partial charge in [-0.2, -0.15) is 0 Å². The van der Waals surface area contributed by atoms with Crippen LogP contribution in [-0.2, 0) is 4.74 Å². The van der Waals surface area contributed by atoms with Gasteiger partial charge in [-0.15, -0.1) is 11.3 Å². The van der Waals surface area contributed by atoms with E-state index in [1.807, 2.05) is 19.9 Å². The van der Waals surface area contributed by atoms with Crippen LogP contribution in [0.1, 0.15) is 27.9 Å². The summed E-state index contributed by atoms with van der Waals surface area (Å²) < 4.78 is 4.96.